The summed E-state index contributed by atoms with van der Waals surface area (Å²) in [5.74, 6) is 0.549. The van der Waals surface area contributed by atoms with E-state index in [9.17, 15) is 4.79 Å². The molecule has 76 valence electrons. The molecule has 0 bridgehead atoms. The van der Waals surface area contributed by atoms with Crippen LogP contribution in [0.1, 0.15) is 30.6 Å². The van der Waals surface area contributed by atoms with Crippen LogP contribution in [0.2, 0.25) is 5.02 Å². The molecule has 0 radical (unpaired) electrons. The predicted octanol–water partition coefficient (Wildman–Crippen LogP) is 2.55. The van der Waals surface area contributed by atoms with Crippen molar-refractivity contribution in [2.24, 2.45) is 5.92 Å². The number of hydrogen-bond donors (Lipinski definition) is 1. The highest BCUT2D eigenvalue weighted by molar-refractivity contribution is 6.31. The quantitative estimate of drug-likeness (QED) is 0.784. The van der Waals surface area contributed by atoms with Crippen LogP contribution in [0.5, 0.6) is 0 Å². The van der Waals surface area contributed by atoms with Crippen LogP contribution in [0, 0.1) is 5.92 Å². The fraction of sp³-hybridized carbons (Fsp3) is 0.400. The first kappa shape index (κ1) is 11.0. The minimum absolute atomic E-state index is 0.00694. The molecule has 0 aliphatic carbocycles. The highest BCUT2D eigenvalue weighted by Gasteiger charge is 2.12. The van der Waals surface area contributed by atoms with Gasteiger partial charge in [0.1, 0.15) is 5.82 Å². The van der Waals surface area contributed by atoms with E-state index in [1.807, 2.05) is 13.8 Å². The number of carbonyl (C=O) groups is 1. The highest BCUT2D eigenvalue weighted by atomic mass is 35.5. The first-order valence-electron chi connectivity index (χ1n) is 4.45. The topological polar surface area (TPSA) is 56.0 Å². The molecule has 0 amide bonds. The van der Waals surface area contributed by atoms with Crippen LogP contribution in [0.15, 0.2) is 12.3 Å². The molecule has 0 spiro atoms. The molecule has 0 aromatic carbocycles. The van der Waals surface area contributed by atoms with Crippen LogP contribution in [0.25, 0.3) is 0 Å². The third-order valence-corrected chi connectivity index (χ3v) is 1.99. The van der Waals surface area contributed by atoms with Crippen molar-refractivity contribution < 1.29 is 4.79 Å². The van der Waals surface area contributed by atoms with Crippen molar-refractivity contribution in [3.63, 3.8) is 0 Å². The Balaban J connectivity index is 2.94. The number of nitrogens with two attached hydrogens (primary N) is 1. The highest BCUT2D eigenvalue weighted by Crippen LogP contribution is 2.18. The standard InChI is InChI=1S/C10H13ClN2O/c1-6(2)3-9(14)8-4-7(11)5-13-10(8)12/h4-6H,3H2,1-2H3,(H2,12,13). The minimum Gasteiger partial charge on any atom is -0.383 e. The van der Waals surface area contributed by atoms with Gasteiger partial charge in [-0.15, -0.1) is 0 Å². The molecule has 1 heterocycles. The van der Waals surface area contributed by atoms with Crippen molar-refractivity contribution in [1.29, 1.82) is 0 Å². The van der Waals surface area contributed by atoms with Gasteiger partial charge in [0.2, 0.25) is 0 Å². The van der Waals surface area contributed by atoms with Crippen LogP contribution in [0.3, 0.4) is 0 Å². The second-order valence-corrected chi connectivity index (χ2v) is 4.04. The van der Waals surface area contributed by atoms with Crippen LogP contribution < -0.4 is 5.73 Å². The first-order valence-corrected chi connectivity index (χ1v) is 4.82. The number of nitrogens with zero attached hydrogens (tertiary/aromatic N) is 1. The van der Waals surface area contributed by atoms with Gasteiger partial charge in [-0.1, -0.05) is 25.4 Å². The summed E-state index contributed by atoms with van der Waals surface area (Å²) in [6, 6.07) is 1.56. The van der Waals surface area contributed by atoms with Crippen LogP contribution in [-0.4, -0.2) is 10.8 Å². The Hall–Kier alpha value is -1.09. The molecule has 14 heavy (non-hydrogen) atoms. The van der Waals surface area contributed by atoms with Gasteiger partial charge >= 0.3 is 0 Å². The van der Waals surface area contributed by atoms with E-state index >= 15 is 0 Å². The van der Waals surface area contributed by atoms with Gasteiger partial charge in [0.25, 0.3) is 0 Å². The summed E-state index contributed by atoms with van der Waals surface area (Å²) in [5.41, 5.74) is 6.00. The van der Waals surface area contributed by atoms with Crippen molar-refractivity contribution >= 4 is 23.2 Å². The smallest absolute Gasteiger partial charge is 0.166 e. The molecule has 0 aliphatic heterocycles. The summed E-state index contributed by atoms with van der Waals surface area (Å²) >= 11 is 5.73. The number of hydrogen-bond acceptors (Lipinski definition) is 3. The lowest BCUT2D eigenvalue weighted by Gasteiger charge is -2.06. The average Bonchev–Trinajstić information content (AvgIpc) is 2.08. The van der Waals surface area contributed by atoms with E-state index in [1.54, 1.807) is 6.07 Å². The zero-order valence-electron chi connectivity index (χ0n) is 8.25. The van der Waals surface area contributed by atoms with E-state index in [2.05, 4.69) is 4.98 Å². The Bertz CT molecular complexity index is 350. The molecule has 0 aliphatic rings. The van der Waals surface area contributed by atoms with Gasteiger partial charge in [0, 0.05) is 12.6 Å². The van der Waals surface area contributed by atoms with Gasteiger partial charge in [-0.05, 0) is 12.0 Å². The Kier molecular flexibility index (Phi) is 3.47. The fourth-order valence-corrected chi connectivity index (χ4v) is 1.31. The fourth-order valence-electron chi connectivity index (χ4n) is 1.15. The van der Waals surface area contributed by atoms with Crippen molar-refractivity contribution in [3.05, 3.63) is 22.8 Å². The summed E-state index contributed by atoms with van der Waals surface area (Å²) in [5, 5.41) is 0.436. The number of nitrogen functional groups attached to an aromatic ring is 1. The Morgan fingerprint density at radius 2 is 2.29 bits per heavy atom. The zero-order chi connectivity index (χ0) is 10.7. The number of Topliss-reactive ketones (excluding diaryl/α,β-unsaturated/α-hetero) is 1. The molecule has 4 heteroatoms. The zero-order valence-corrected chi connectivity index (χ0v) is 9.01. The van der Waals surface area contributed by atoms with Gasteiger partial charge in [-0.2, -0.15) is 0 Å². The van der Waals surface area contributed by atoms with E-state index in [4.69, 9.17) is 17.3 Å². The molecule has 0 fully saturated rings. The van der Waals surface area contributed by atoms with E-state index in [0.717, 1.165) is 0 Å². The summed E-state index contributed by atoms with van der Waals surface area (Å²) in [6.45, 7) is 3.96. The Morgan fingerprint density at radius 1 is 1.64 bits per heavy atom. The molecule has 1 rings (SSSR count). The molecule has 0 atom stereocenters. The summed E-state index contributed by atoms with van der Waals surface area (Å²) in [4.78, 5) is 15.5. The molecule has 0 saturated carbocycles. The lowest BCUT2D eigenvalue weighted by molar-refractivity contribution is 0.0968. The van der Waals surface area contributed by atoms with E-state index in [0.29, 0.717) is 22.9 Å². The third-order valence-electron chi connectivity index (χ3n) is 1.78. The second-order valence-electron chi connectivity index (χ2n) is 3.61. The van der Waals surface area contributed by atoms with Gasteiger partial charge in [-0.3, -0.25) is 4.79 Å². The molecule has 0 saturated heterocycles. The average molecular weight is 213 g/mol. The monoisotopic (exact) mass is 212 g/mol. The van der Waals surface area contributed by atoms with E-state index in [-0.39, 0.29) is 11.6 Å². The Morgan fingerprint density at radius 3 is 2.86 bits per heavy atom. The number of halogens is 1. The number of aromatic nitrogens is 1. The largest absolute Gasteiger partial charge is 0.383 e. The third kappa shape index (κ3) is 2.70. The summed E-state index contributed by atoms with van der Waals surface area (Å²) < 4.78 is 0. The van der Waals surface area contributed by atoms with Gasteiger partial charge < -0.3 is 5.73 Å². The van der Waals surface area contributed by atoms with Crippen LogP contribution >= 0.6 is 11.6 Å². The lowest BCUT2D eigenvalue weighted by atomic mass is 10.0. The van der Waals surface area contributed by atoms with E-state index in [1.165, 1.54) is 6.20 Å². The molecule has 3 nitrogen and oxygen atoms in total. The maximum Gasteiger partial charge on any atom is 0.166 e. The normalized spacial score (nSPS) is 10.6. The van der Waals surface area contributed by atoms with Crippen molar-refractivity contribution in [2.75, 3.05) is 5.73 Å². The van der Waals surface area contributed by atoms with E-state index < -0.39 is 0 Å². The number of anilines is 1. The number of carbonyl (C=O) groups excluding carboxylic acids is 1. The number of pyridine rings is 1. The SMILES string of the molecule is CC(C)CC(=O)c1cc(Cl)cnc1N. The molecule has 1 aromatic rings. The van der Waals surface area contributed by atoms with Crippen LogP contribution in [-0.2, 0) is 0 Å². The lowest BCUT2D eigenvalue weighted by Crippen LogP contribution is -2.08. The first-order chi connectivity index (χ1) is 6.50. The van der Waals surface area contributed by atoms with Gasteiger partial charge in [0.05, 0.1) is 10.6 Å². The number of rotatable bonds is 3. The van der Waals surface area contributed by atoms with Crippen LogP contribution in [0.4, 0.5) is 5.82 Å². The van der Waals surface area contributed by atoms with Gasteiger partial charge in [-0.25, -0.2) is 4.98 Å². The molecular weight excluding hydrogens is 200 g/mol. The Labute approximate surface area is 88.3 Å². The maximum atomic E-state index is 11.6. The molecular formula is C10H13ClN2O. The number of ketones is 1. The van der Waals surface area contributed by atoms with Crippen molar-refractivity contribution in [3.8, 4) is 0 Å². The second kappa shape index (κ2) is 4.42. The molecule has 2 N–H and O–H groups in total. The van der Waals surface area contributed by atoms with Crippen molar-refractivity contribution in [2.45, 2.75) is 20.3 Å². The van der Waals surface area contributed by atoms with Gasteiger partial charge in [0.15, 0.2) is 5.78 Å². The maximum absolute atomic E-state index is 11.6. The summed E-state index contributed by atoms with van der Waals surface area (Å²) in [7, 11) is 0. The van der Waals surface area contributed by atoms with Crippen molar-refractivity contribution in [1.82, 2.24) is 4.98 Å². The molecule has 1 aromatic heterocycles. The summed E-state index contributed by atoms with van der Waals surface area (Å²) in [6.07, 6.45) is 1.90. The predicted molar refractivity (Wildman–Crippen MR) is 57.4 cm³/mol. The molecule has 0 unspecified atom stereocenters. The minimum atomic E-state index is -0.00694.